The van der Waals surface area contributed by atoms with Crippen LogP contribution in [0.5, 0.6) is 0 Å². The third-order valence-corrected chi connectivity index (χ3v) is 3.12. The monoisotopic (exact) mass is 268 g/mol. The molecule has 1 aliphatic carbocycles. The molecule has 1 aliphatic rings. The molecule has 1 aromatic rings. The number of aromatic nitrogens is 2. The van der Waals surface area contributed by atoms with Crippen molar-refractivity contribution >= 4 is 34.8 Å². The molecular formula is C9H11Cl3N2O. The van der Waals surface area contributed by atoms with Crippen LogP contribution in [-0.4, -0.2) is 10.2 Å². The van der Waals surface area contributed by atoms with Gasteiger partial charge in [-0.25, -0.2) is 0 Å². The molecule has 1 saturated carbocycles. The van der Waals surface area contributed by atoms with Gasteiger partial charge in [0.05, 0.1) is 0 Å². The molecule has 0 aliphatic heterocycles. The van der Waals surface area contributed by atoms with Gasteiger partial charge in [-0.2, -0.15) is 0 Å². The first-order valence-corrected chi connectivity index (χ1v) is 6.11. The van der Waals surface area contributed by atoms with Crippen molar-refractivity contribution in [1.29, 1.82) is 0 Å². The summed E-state index contributed by atoms with van der Waals surface area (Å²) in [7, 11) is 0. The highest BCUT2D eigenvalue weighted by atomic mass is 35.6. The van der Waals surface area contributed by atoms with E-state index in [1.807, 2.05) is 0 Å². The number of nitrogens with zero attached hydrogens (tertiary/aromatic N) is 2. The molecule has 0 amide bonds. The van der Waals surface area contributed by atoms with Crippen molar-refractivity contribution in [2.75, 3.05) is 0 Å². The summed E-state index contributed by atoms with van der Waals surface area (Å²) in [6.45, 7) is 0. The van der Waals surface area contributed by atoms with Gasteiger partial charge in [0.25, 0.3) is 9.68 Å². The quantitative estimate of drug-likeness (QED) is 0.725. The Labute approximate surface area is 103 Å². The van der Waals surface area contributed by atoms with Gasteiger partial charge in [0.15, 0.2) is 0 Å². The Hall–Kier alpha value is 0.01000. The fourth-order valence-electron chi connectivity index (χ4n) is 1.86. The fraction of sp³-hybridized carbons (Fsp3) is 0.778. The first kappa shape index (κ1) is 11.5. The number of halogens is 3. The first-order valence-electron chi connectivity index (χ1n) is 4.98. The average Bonchev–Trinajstić information content (AvgIpc) is 2.67. The smallest absolute Gasteiger partial charge is 0.268 e. The van der Waals surface area contributed by atoms with Crippen LogP contribution in [0.25, 0.3) is 0 Å². The van der Waals surface area contributed by atoms with E-state index in [0.717, 1.165) is 12.8 Å². The zero-order chi connectivity index (χ0) is 10.9. The van der Waals surface area contributed by atoms with Crippen molar-refractivity contribution in [3.8, 4) is 0 Å². The van der Waals surface area contributed by atoms with E-state index in [4.69, 9.17) is 39.2 Å². The molecule has 84 valence electrons. The van der Waals surface area contributed by atoms with Crippen LogP contribution in [0.3, 0.4) is 0 Å². The Balaban J connectivity index is 2.12. The van der Waals surface area contributed by atoms with Crippen LogP contribution < -0.4 is 0 Å². The van der Waals surface area contributed by atoms with Crippen LogP contribution in [0.15, 0.2) is 4.42 Å². The van der Waals surface area contributed by atoms with Crippen LogP contribution in [0.2, 0.25) is 0 Å². The van der Waals surface area contributed by atoms with Gasteiger partial charge in [-0.05, 0) is 12.8 Å². The van der Waals surface area contributed by atoms with Gasteiger partial charge in [-0.3, -0.25) is 0 Å². The Morgan fingerprint density at radius 2 is 1.73 bits per heavy atom. The Kier molecular flexibility index (Phi) is 3.43. The molecule has 0 radical (unpaired) electrons. The third kappa shape index (κ3) is 2.77. The molecule has 2 rings (SSSR count). The van der Waals surface area contributed by atoms with E-state index in [1.165, 1.54) is 19.3 Å². The number of rotatable bonds is 1. The maximum atomic E-state index is 5.65. The molecule has 0 atom stereocenters. The minimum Gasteiger partial charge on any atom is -0.421 e. The molecule has 0 bridgehead atoms. The summed E-state index contributed by atoms with van der Waals surface area (Å²) < 4.78 is 3.76. The van der Waals surface area contributed by atoms with Crippen LogP contribution in [-0.2, 0) is 3.79 Å². The topological polar surface area (TPSA) is 38.9 Å². The molecule has 1 heterocycles. The predicted molar refractivity (Wildman–Crippen MR) is 59.4 cm³/mol. The normalized spacial score (nSPS) is 19.4. The van der Waals surface area contributed by atoms with Gasteiger partial charge in [0.1, 0.15) is 0 Å². The highest BCUT2D eigenvalue weighted by Gasteiger charge is 2.32. The summed E-state index contributed by atoms with van der Waals surface area (Å²) in [5, 5.41) is 7.69. The molecule has 0 aromatic carbocycles. The van der Waals surface area contributed by atoms with Crippen molar-refractivity contribution in [3.05, 3.63) is 11.8 Å². The SMILES string of the molecule is ClC(Cl)(Cl)c1nnc(C2CCCCC2)o1. The van der Waals surface area contributed by atoms with Crippen molar-refractivity contribution in [1.82, 2.24) is 10.2 Å². The molecule has 0 N–H and O–H groups in total. The second-order valence-electron chi connectivity index (χ2n) is 3.78. The second-order valence-corrected chi connectivity index (χ2v) is 6.06. The zero-order valence-corrected chi connectivity index (χ0v) is 10.3. The van der Waals surface area contributed by atoms with E-state index >= 15 is 0 Å². The molecule has 6 heteroatoms. The Bertz CT molecular complexity index is 328. The van der Waals surface area contributed by atoms with Crippen molar-refractivity contribution in [2.45, 2.75) is 41.8 Å². The van der Waals surface area contributed by atoms with Crippen LogP contribution >= 0.6 is 34.8 Å². The minimum absolute atomic E-state index is 0.0630. The van der Waals surface area contributed by atoms with Gasteiger partial charge in [0, 0.05) is 5.92 Å². The summed E-state index contributed by atoms with van der Waals surface area (Å²) in [5.74, 6) is 1.01. The lowest BCUT2D eigenvalue weighted by Gasteiger charge is -2.17. The van der Waals surface area contributed by atoms with Gasteiger partial charge in [-0.15, -0.1) is 10.2 Å². The van der Waals surface area contributed by atoms with Crippen LogP contribution in [0.4, 0.5) is 0 Å². The van der Waals surface area contributed by atoms with E-state index in [0.29, 0.717) is 11.8 Å². The fourth-order valence-corrected chi connectivity index (χ4v) is 2.09. The lowest BCUT2D eigenvalue weighted by Crippen LogP contribution is -2.04. The minimum atomic E-state index is -1.61. The lowest BCUT2D eigenvalue weighted by atomic mass is 9.89. The molecule has 1 fully saturated rings. The molecule has 0 saturated heterocycles. The summed E-state index contributed by atoms with van der Waals surface area (Å²) in [4.78, 5) is 0. The van der Waals surface area contributed by atoms with E-state index in [-0.39, 0.29) is 5.89 Å². The molecule has 3 nitrogen and oxygen atoms in total. The molecular weight excluding hydrogens is 258 g/mol. The largest absolute Gasteiger partial charge is 0.421 e. The van der Waals surface area contributed by atoms with Crippen molar-refractivity contribution < 1.29 is 4.42 Å². The Morgan fingerprint density at radius 1 is 1.07 bits per heavy atom. The summed E-state index contributed by atoms with van der Waals surface area (Å²) in [5.41, 5.74) is 0. The van der Waals surface area contributed by atoms with Crippen LogP contribution in [0.1, 0.15) is 49.8 Å². The third-order valence-electron chi connectivity index (χ3n) is 2.64. The average molecular weight is 270 g/mol. The summed E-state index contributed by atoms with van der Waals surface area (Å²) in [6.07, 6.45) is 5.86. The summed E-state index contributed by atoms with van der Waals surface area (Å²) >= 11 is 16.9. The highest BCUT2D eigenvalue weighted by molar-refractivity contribution is 6.66. The number of alkyl halides is 3. The van der Waals surface area contributed by atoms with Crippen molar-refractivity contribution in [2.24, 2.45) is 0 Å². The lowest BCUT2D eigenvalue weighted by molar-refractivity contribution is 0.352. The van der Waals surface area contributed by atoms with Crippen molar-refractivity contribution in [3.63, 3.8) is 0 Å². The van der Waals surface area contributed by atoms with Gasteiger partial charge in [0.2, 0.25) is 5.89 Å². The maximum Gasteiger partial charge on any atom is 0.268 e. The summed E-state index contributed by atoms with van der Waals surface area (Å²) in [6, 6.07) is 0. The molecule has 15 heavy (non-hydrogen) atoms. The number of hydrogen-bond acceptors (Lipinski definition) is 3. The zero-order valence-electron chi connectivity index (χ0n) is 8.05. The Morgan fingerprint density at radius 3 is 2.27 bits per heavy atom. The second kappa shape index (κ2) is 4.48. The molecule has 1 aromatic heterocycles. The molecule has 0 unspecified atom stereocenters. The maximum absolute atomic E-state index is 5.65. The first-order chi connectivity index (χ1) is 7.07. The molecule has 0 spiro atoms. The van der Waals surface area contributed by atoms with E-state index in [9.17, 15) is 0 Å². The standard InChI is InChI=1S/C9H11Cl3N2O/c10-9(11,12)8-14-13-7(15-8)6-4-2-1-3-5-6/h6H,1-5H2. The highest BCUT2D eigenvalue weighted by Crippen LogP contribution is 2.39. The predicted octanol–water partition coefficient (Wildman–Crippen LogP) is 3.94. The van der Waals surface area contributed by atoms with Gasteiger partial charge in [-0.1, -0.05) is 54.1 Å². The van der Waals surface area contributed by atoms with Crippen LogP contribution in [0, 0.1) is 0 Å². The van der Waals surface area contributed by atoms with E-state index < -0.39 is 3.79 Å². The number of hydrogen-bond donors (Lipinski definition) is 0. The van der Waals surface area contributed by atoms with E-state index in [1.54, 1.807) is 0 Å². The van der Waals surface area contributed by atoms with Gasteiger partial charge < -0.3 is 4.42 Å². The van der Waals surface area contributed by atoms with E-state index in [2.05, 4.69) is 10.2 Å². The van der Waals surface area contributed by atoms with Gasteiger partial charge >= 0.3 is 0 Å².